The Balaban J connectivity index is 0.00000817. The van der Waals surface area contributed by atoms with Crippen LogP contribution in [0, 0.1) is 31.6 Å². The zero-order valence-electron chi connectivity index (χ0n) is 41.3. The van der Waals surface area contributed by atoms with Crippen LogP contribution >= 0.6 is 0 Å². The molecular weight excluding hydrogens is 837 g/mol. The largest absolute Gasteiger partial charge is 2.00 e. The third kappa shape index (κ3) is 11.6. The number of aromatic nitrogens is 4. The van der Waals surface area contributed by atoms with E-state index in [1.807, 2.05) is 45.9 Å². The molecule has 0 N–H and O–H groups in total. The van der Waals surface area contributed by atoms with Crippen molar-refractivity contribution in [2.24, 2.45) is 17.8 Å². The van der Waals surface area contributed by atoms with Gasteiger partial charge in [-0.1, -0.05) is 128 Å². The molecule has 3 aromatic heterocycles. The molecule has 10 nitrogen and oxygen atoms in total. The summed E-state index contributed by atoms with van der Waals surface area (Å²) in [5, 5.41) is 0. The second-order valence-electron chi connectivity index (χ2n) is 19.3. The van der Waals surface area contributed by atoms with Gasteiger partial charge in [-0.2, -0.15) is 0 Å². The van der Waals surface area contributed by atoms with Crippen LogP contribution in [0.4, 0.5) is 0 Å². The van der Waals surface area contributed by atoms with E-state index in [-0.39, 0.29) is 53.9 Å². The van der Waals surface area contributed by atoms with Crippen LogP contribution in [0.15, 0.2) is 36.4 Å². The number of hydrogen-bond acceptors (Lipinski definition) is 8. The smallest absolute Gasteiger partial charge is 0.657 e. The Kier molecular flexibility index (Phi) is 18.6. The molecule has 8 bridgehead atoms. The Labute approximate surface area is 408 Å². The topological polar surface area (TPSA) is 141 Å². The van der Waals surface area contributed by atoms with Crippen molar-refractivity contribution in [3.8, 4) is 0 Å². The maximum Gasteiger partial charge on any atom is 2.00 e. The van der Waals surface area contributed by atoms with Crippen LogP contribution in [-0.4, -0.2) is 70.7 Å². The predicted octanol–water partition coefficient (Wildman–Crippen LogP) is 12.0. The molecule has 0 radical (unpaired) electrons. The van der Waals surface area contributed by atoms with Crippen LogP contribution < -0.4 is 9.97 Å². The molecule has 0 fully saturated rings. The van der Waals surface area contributed by atoms with Crippen molar-refractivity contribution in [3.63, 3.8) is 0 Å². The van der Waals surface area contributed by atoms with E-state index in [9.17, 15) is 19.2 Å². The van der Waals surface area contributed by atoms with Crippen molar-refractivity contribution in [2.45, 2.75) is 157 Å². The number of rotatable bonds is 21. The summed E-state index contributed by atoms with van der Waals surface area (Å²) < 4.78 is 11.0. The number of ketones is 1. The minimum Gasteiger partial charge on any atom is -0.657 e. The molecule has 0 saturated heterocycles. The van der Waals surface area contributed by atoms with Gasteiger partial charge in [0.05, 0.1) is 18.5 Å². The van der Waals surface area contributed by atoms with Gasteiger partial charge in [0.1, 0.15) is 12.5 Å². The van der Waals surface area contributed by atoms with E-state index in [0.29, 0.717) is 85.9 Å². The quantitative estimate of drug-likeness (QED) is 0.0333. The Bertz CT molecular complexity index is 2540. The van der Waals surface area contributed by atoms with Gasteiger partial charge in [-0.25, -0.2) is 4.98 Å². The van der Waals surface area contributed by atoms with Gasteiger partial charge in [-0.3, -0.25) is 24.2 Å². The molecule has 66 heavy (non-hydrogen) atoms. The zero-order chi connectivity index (χ0) is 47.1. The molecule has 2 aliphatic heterocycles. The first-order chi connectivity index (χ1) is 31.1. The number of esters is 2. The summed E-state index contributed by atoms with van der Waals surface area (Å²) in [5.41, 5.74) is 9.91. The van der Waals surface area contributed by atoms with Gasteiger partial charge >= 0.3 is 35.0 Å². The summed E-state index contributed by atoms with van der Waals surface area (Å²) in [7, 11) is 1.27. The number of hydrogen-bond donors (Lipinski definition) is 0. The van der Waals surface area contributed by atoms with Crippen LogP contribution in [0.3, 0.4) is 0 Å². The number of ether oxygens (including phenoxy) is 2. The molecule has 0 aromatic carbocycles. The fourth-order valence-corrected chi connectivity index (χ4v) is 10.0. The number of carbonyl (C=O) groups excluding carboxylic acids is 4. The standard InChI is InChI=1S/C55H71N4O6.Mg/c1-12-38-35(8)42-27-43-36(9)40(23-24-48(61)65-26-25-34(7)22-16-21-33(6)20-15-19-32(5)18-14-17-31(3)4)52(58-43)50-51(55(63)64-11)54(62)49-37(10)44(59-53(49)50)28-46-39(13-2)41(30-60)47(57-46)29-45(38)56-42;/h12,25,27-33,36,40,51H,1,13-24,26H2,2-11H3,(H-,56,57,58,59,60,62);/q-1;+2/p-1/b34-25+;. The van der Waals surface area contributed by atoms with Gasteiger partial charge in [0.25, 0.3) is 0 Å². The van der Waals surface area contributed by atoms with Gasteiger partial charge < -0.3 is 19.4 Å². The molecule has 0 spiro atoms. The molecule has 11 heteroatoms. The molecule has 5 unspecified atom stereocenters. The van der Waals surface area contributed by atoms with E-state index in [1.165, 1.54) is 57.6 Å². The first kappa shape index (κ1) is 52.4. The van der Waals surface area contributed by atoms with Crippen molar-refractivity contribution in [2.75, 3.05) is 13.7 Å². The number of allylic oxidation sites excluding steroid dienone is 3. The monoisotopic (exact) mass is 907 g/mol. The van der Waals surface area contributed by atoms with E-state index in [0.717, 1.165) is 47.7 Å². The number of methoxy groups -OCH3 is 1. The summed E-state index contributed by atoms with van der Waals surface area (Å²) >= 11 is 0. The number of fused-ring (bicyclic) bond motifs is 8. The minimum atomic E-state index is -1.27. The third-order valence-electron chi connectivity index (χ3n) is 14.1. The fourth-order valence-electron chi connectivity index (χ4n) is 10.0. The van der Waals surface area contributed by atoms with E-state index < -0.39 is 17.7 Å². The summed E-state index contributed by atoms with van der Waals surface area (Å²) in [5.74, 6) is -0.983. The Morgan fingerprint density at radius 1 is 0.879 bits per heavy atom. The molecular formula is C55H70MgN4O6. The van der Waals surface area contributed by atoms with E-state index >= 15 is 0 Å². The number of Topliss-reactive ketones (excluding diaryl/α,β-unsaturated/α-hetero) is 1. The van der Waals surface area contributed by atoms with Crippen molar-refractivity contribution < 1.29 is 28.7 Å². The predicted molar refractivity (Wildman–Crippen MR) is 266 cm³/mol. The third-order valence-corrected chi connectivity index (χ3v) is 14.1. The van der Waals surface area contributed by atoms with Crippen LogP contribution in [0.5, 0.6) is 0 Å². The van der Waals surface area contributed by atoms with Crippen LogP contribution in [0.25, 0.3) is 39.3 Å². The summed E-state index contributed by atoms with van der Waals surface area (Å²) in [6, 6.07) is 5.55. The van der Waals surface area contributed by atoms with Gasteiger partial charge in [0, 0.05) is 40.8 Å². The minimum absolute atomic E-state index is 0. The Hall–Kier alpha value is -4.61. The molecule has 0 saturated carbocycles. The second-order valence-corrected chi connectivity index (χ2v) is 19.3. The first-order valence-corrected chi connectivity index (χ1v) is 24.0. The molecule has 3 aliphatic rings. The molecule has 3 aromatic rings. The normalized spacial score (nSPS) is 17.8. The van der Waals surface area contributed by atoms with E-state index in [4.69, 9.17) is 29.4 Å². The molecule has 0 amide bonds. The molecule has 348 valence electrons. The van der Waals surface area contributed by atoms with E-state index in [1.54, 1.807) is 12.1 Å². The van der Waals surface area contributed by atoms with Crippen molar-refractivity contribution in [1.82, 2.24) is 19.9 Å². The number of carbonyl (C=O) groups is 4. The Morgan fingerprint density at radius 3 is 2.17 bits per heavy atom. The average Bonchev–Trinajstić information content (AvgIpc) is 4.02. The van der Waals surface area contributed by atoms with Gasteiger partial charge in [0.15, 0.2) is 12.1 Å². The maximum atomic E-state index is 14.4. The van der Waals surface area contributed by atoms with Gasteiger partial charge in [-0.05, 0) is 93.1 Å². The SMILES string of the molecule is C=Cc1c(C)c2cc3nc(c4c5[n-]c(cc6nc(cc1[n-]2)C(C=O)=C6CC)c(C)c5C(=O)C4C(=O)OC)C(CCC(=O)OC/C=C(\C)CCCC(C)CCCC(C)CCCC(C)C)C3C.[Mg+2]. The van der Waals surface area contributed by atoms with Crippen LogP contribution in [-0.2, 0) is 23.9 Å². The van der Waals surface area contributed by atoms with Crippen molar-refractivity contribution in [1.29, 1.82) is 0 Å². The number of nitrogens with zero attached hydrogens (tertiary/aromatic N) is 4. The van der Waals surface area contributed by atoms with Crippen LogP contribution in [0.2, 0.25) is 0 Å². The van der Waals surface area contributed by atoms with Gasteiger partial charge in [-0.15, -0.1) is 22.1 Å². The summed E-state index contributed by atoms with van der Waals surface area (Å²) in [6.07, 6.45) is 16.8. The van der Waals surface area contributed by atoms with Crippen LogP contribution in [0.1, 0.15) is 199 Å². The van der Waals surface area contributed by atoms with Crippen molar-refractivity contribution in [3.05, 3.63) is 87.0 Å². The fraction of sp³-hybridized carbons (Fsp3) is 0.527. The molecule has 1 aliphatic carbocycles. The molecule has 5 heterocycles. The molecule has 5 atom stereocenters. The average molecular weight is 907 g/mol. The Morgan fingerprint density at radius 2 is 1.53 bits per heavy atom. The van der Waals surface area contributed by atoms with Crippen molar-refractivity contribution >= 4 is 86.3 Å². The zero-order valence-corrected chi connectivity index (χ0v) is 42.7. The first-order valence-electron chi connectivity index (χ1n) is 24.0. The molecule has 6 rings (SSSR count). The second kappa shape index (κ2) is 23.4. The van der Waals surface area contributed by atoms with E-state index in [2.05, 4.69) is 41.2 Å². The summed E-state index contributed by atoms with van der Waals surface area (Å²) in [4.78, 5) is 74.1. The number of aldehydes is 1. The maximum absolute atomic E-state index is 14.4. The summed E-state index contributed by atoms with van der Waals surface area (Å²) in [6.45, 7) is 23.5. The van der Waals surface area contributed by atoms with Gasteiger partial charge in [0.2, 0.25) is 0 Å². The number of aryl methyl sites for hydroxylation is 2.